The second-order valence-corrected chi connectivity index (χ2v) is 6.44. The van der Waals surface area contributed by atoms with E-state index in [1.807, 2.05) is 0 Å². The lowest BCUT2D eigenvalue weighted by Crippen LogP contribution is -2.38. The van der Waals surface area contributed by atoms with Crippen LogP contribution in [0, 0.1) is 12.8 Å². The molecule has 1 aromatic heterocycles. The number of hydrogen-bond acceptors (Lipinski definition) is 3. The summed E-state index contributed by atoms with van der Waals surface area (Å²) in [4.78, 5) is 0. The van der Waals surface area contributed by atoms with Crippen molar-refractivity contribution in [2.24, 2.45) is 5.92 Å². The summed E-state index contributed by atoms with van der Waals surface area (Å²) in [6.07, 6.45) is 9.24. The van der Waals surface area contributed by atoms with Gasteiger partial charge >= 0.3 is 0 Å². The number of nitrogens with zero attached hydrogens (tertiary/aromatic N) is 3. The molecular weight excluding hydrogens is 224 g/mol. The fourth-order valence-corrected chi connectivity index (χ4v) is 3.96. The average molecular weight is 246 g/mol. The van der Waals surface area contributed by atoms with Gasteiger partial charge in [0.1, 0.15) is 11.6 Å². The SMILES string of the molecule is Cc1nnc(CC2CC3CCC(C2)N3)n1C1CC1. The lowest BCUT2D eigenvalue weighted by atomic mass is 9.89. The molecule has 1 N–H and O–H groups in total. The molecule has 3 heterocycles. The van der Waals surface area contributed by atoms with Crippen molar-refractivity contribution in [3.8, 4) is 0 Å². The molecule has 2 bridgehead atoms. The number of rotatable bonds is 3. The number of nitrogens with one attached hydrogen (secondary N) is 1. The first kappa shape index (κ1) is 11.0. The molecule has 0 spiro atoms. The summed E-state index contributed by atoms with van der Waals surface area (Å²) < 4.78 is 2.41. The zero-order valence-corrected chi connectivity index (χ0v) is 11.1. The largest absolute Gasteiger partial charge is 0.312 e. The van der Waals surface area contributed by atoms with Gasteiger partial charge in [0.2, 0.25) is 0 Å². The van der Waals surface area contributed by atoms with Gasteiger partial charge in [0.25, 0.3) is 0 Å². The van der Waals surface area contributed by atoms with Gasteiger partial charge in [0, 0.05) is 24.5 Å². The van der Waals surface area contributed by atoms with Crippen LogP contribution in [-0.2, 0) is 6.42 Å². The summed E-state index contributed by atoms with van der Waals surface area (Å²) in [5.41, 5.74) is 0. The van der Waals surface area contributed by atoms with Crippen molar-refractivity contribution in [3.63, 3.8) is 0 Å². The quantitative estimate of drug-likeness (QED) is 0.887. The number of aromatic nitrogens is 3. The normalized spacial score (nSPS) is 35.1. The van der Waals surface area contributed by atoms with Crippen LogP contribution in [0.15, 0.2) is 0 Å². The Labute approximate surface area is 108 Å². The molecule has 2 unspecified atom stereocenters. The highest BCUT2D eigenvalue weighted by Gasteiger charge is 2.35. The summed E-state index contributed by atoms with van der Waals surface area (Å²) in [5, 5.41) is 12.4. The maximum absolute atomic E-state index is 4.43. The number of aryl methyl sites for hydroxylation is 1. The Morgan fingerprint density at radius 1 is 1.11 bits per heavy atom. The Hall–Kier alpha value is -0.900. The van der Waals surface area contributed by atoms with Gasteiger partial charge in [-0.3, -0.25) is 0 Å². The molecule has 2 saturated heterocycles. The van der Waals surface area contributed by atoms with Gasteiger partial charge in [-0.05, 0) is 51.4 Å². The molecule has 0 radical (unpaired) electrons. The second kappa shape index (κ2) is 4.05. The van der Waals surface area contributed by atoms with Crippen LogP contribution in [0.2, 0.25) is 0 Å². The third-order valence-corrected chi connectivity index (χ3v) is 4.89. The van der Waals surface area contributed by atoms with E-state index >= 15 is 0 Å². The van der Waals surface area contributed by atoms with E-state index < -0.39 is 0 Å². The summed E-state index contributed by atoms with van der Waals surface area (Å²) in [6.45, 7) is 2.10. The third-order valence-electron chi connectivity index (χ3n) is 4.89. The summed E-state index contributed by atoms with van der Waals surface area (Å²) in [5.74, 6) is 3.19. The molecule has 4 rings (SSSR count). The van der Waals surface area contributed by atoms with Crippen LogP contribution in [0.25, 0.3) is 0 Å². The highest BCUT2D eigenvalue weighted by atomic mass is 15.3. The van der Waals surface area contributed by atoms with Crippen molar-refractivity contribution in [2.75, 3.05) is 0 Å². The van der Waals surface area contributed by atoms with Gasteiger partial charge in [-0.2, -0.15) is 0 Å². The molecule has 3 aliphatic rings. The van der Waals surface area contributed by atoms with E-state index in [4.69, 9.17) is 0 Å². The van der Waals surface area contributed by atoms with E-state index in [0.717, 1.165) is 30.2 Å². The zero-order valence-electron chi connectivity index (χ0n) is 11.1. The monoisotopic (exact) mass is 246 g/mol. The Kier molecular flexibility index (Phi) is 2.47. The van der Waals surface area contributed by atoms with Crippen LogP contribution < -0.4 is 5.32 Å². The van der Waals surface area contributed by atoms with Crippen LogP contribution >= 0.6 is 0 Å². The predicted octanol–water partition coefficient (Wildman–Crippen LogP) is 1.99. The molecule has 0 amide bonds. The van der Waals surface area contributed by atoms with Gasteiger partial charge < -0.3 is 9.88 Å². The second-order valence-electron chi connectivity index (χ2n) is 6.44. The van der Waals surface area contributed by atoms with E-state index in [1.165, 1.54) is 44.3 Å². The Bertz CT molecular complexity index is 437. The van der Waals surface area contributed by atoms with E-state index in [1.54, 1.807) is 0 Å². The van der Waals surface area contributed by atoms with Gasteiger partial charge in [0.15, 0.2) is 0 Å². The molecule has 4 heteroatoms. The summed E-state index contributed by atoms with van der Waals surface area (Å²) in [6, 6.07) is 2.28. The van der Waals surface area contributed by atoms with E-state index in [9.17, 15) is 0 Å². The first-order valence-electron chi connectivity index (χ1n) is 7.46. The smallest absolute Gasteiger partial charge is 0.133 e. The predicted molar refractivity (Wildman–Crippen MR) is 69.4 cm³/mol. The van der Waals surface area contributed by atoms with Crippen molar-refractivity contribution in [1.82, 2.24) is 20.1 Å². The first-order valence-corrected chi connectivity index (χ1v) is 7.46. The molecular formula is C14H22N4. The minimum Gasteiger partial charge on any atom is -0.312 e. The van der Waals surface area contributed by atoms with Crippen molar-refractivity contribution in [1.29, 1.82) is 0 Å². The van der Waals surface area contributed by atoms with Crippen molar-refractivity contribution < 1.29 is 0 Å². The van der Waals surface area contributed by atoms with Crippen molar-refractivity contribution >= 4 is 0 Å². The maximum atomic E-state index is 4.43. The molecule has 2 atom stereocenters. The fraction of sp³-hybridized carbons (Fsp3) is 0.857. The summed E-state index contributed by atoms with van der Waals surface area (Å²) in [7, 11) is 0. The zero-order chi connectivity index (χ0) is 12.1. The molecule has 1 saturated carbocycles. The first-order chi connectivity index (χ1) is 8.79. The molecule has 1 aliphatic carbocycles. The fourth-order valence-electron chi connectivity index (χ4n) is 3.96. The highest BCUT2D eigenvalue weighted by Crippen LogP contribution is 2.38. The molecule has 3 fully saturated rings. The number of fused-ring (bicyclic) bond motifs is 2. The lowest BCUT2D eigenvalue weighted by molar-refractivity contribution is 0.292. The van der Waals surface area contributed by atoms with Crippen molar-refractivity contribution in [3.05, 3.63) is 11.6 Å². The van der Waals surface area contributed by atoms with Crippen LogP contribution in [0.3, 0.4) is 0 Å². The Morgan fingerprint density at radius 3 is 2.50 bits per heavy atom. The molecule has 98 valence electrons. The number of hydrogen-bond donors (Lipinski definition) is 1. The highest BCUT2D eigenvalue weighted by molar-refractivity contribution is 5.04. The van der Waals surface area contributed by atoms with Gasteiger partial charge in [-0.1, -0.05) is 0 Å². The molecule has 4 nitrogen and oxygen atoms in total. The topological polar surface area (TPSA) is 42.7 Å². The number of piperidine rings is 1. The van der Waals surface area contributed by atoms with Crippen LogP contribution in [0.1, 0.15) is 56.2 Å². The average Bonchev–Trinajstić information content (AvgIpc) is 3.05. The molecule has 0 aromatic carbocycles. The molecule has 18 heavy (non-hydrogen) atoms. The van der Waals surface area contributed by atoms with Crippen LogP contribution in [0.4, 0.5) is 0 Å². The van der Waals surface area contributed by atoms with E-state index in [-0.39, 0.29) is 0 Å². The molecule has 2 aliphatic heterocycles. The maximum Gasteiger partial charge on any atom is 0.133 e. The molecule has 1 aromatic rings. The van der Waals surface area contributed by atoms with Crippen LogP contribution in [-0.4, -0.2) is 26.8 Å². The van der Waals surface area contributed by atoms with E-state index in [2.05, 4.69) is 27.0 Å². The van der Waals surface area contributed by atoms with E-state index in [0.29, 0.717) is 6.04 Å². The Balaban J connectivity index is 1.51. The standard InChI is InChI=1S/C14H22N4/c1-9-16-17-14(18(9)13-4-5-13)8-10-6-11-2-3-12(7-10)15-11/h10-13,15H,2-8H2,1H3. The van der Waals surface area contributed by atoms with Crippen LogP contribution in [0.5, 0.6) is 0 Å². The lowest BCUT2D eigenvalue weighted by Gasteiger charge is -2.28. The Morgan fingerprint density at radius 2 is 1.83 bits per heavy atom. The third kappa shape index (κ3) is 1.87. The van der Waals surface area contributed by atoms with Crippen molar-refractivity contribution in [2.45, 2.75) is 70.0 Å². The summed E-state index contributed by atoms with van der Waals surface area (Å²) >= 11 is 0. The van der Waals surface area contributed by atoms with Gasteiger partial charge in [0.05, 0.1) is 0 Å². The van der Waals surface area contributed by atoms with Gasteiger partial charge in [-0.15, -0.1) is 10.2 Å². The minimum atomic E-state index is 0.716. The van der Waals surface area contributed by atoms with Gasteiger partial charge in [-0.25, -0.2) is 0 Å². The minimum absolute atomic E-state index is 0.716.